The van der Waals surface area contributed by atoms with Gasteiger partial charge in [0.15, 0.2) is 6.10 Å². The second kappa shape index (κ2) is 7.17. The number of hydrogen-bond acceptors (Lipinski definition) is 2. The van der Waals surface area contributed by atoms with Crippen molar-refractivity contribution >= 4 is 17.5 Å². The Kier molecular flexibility index (Phi) is 5.84. The summed E-state index contributed by atoms with van der Waals surface area (Å²) in [6.45, 7) is 4.62. The SMILES string of the molecule is CCCNC(=O)C(CC)Oc1ccc(Cl)cc1. The van der Waals surface area contributed by atoms with Gasteiger partial charge in [-0.15, -0.1) is 0 Å². The van der Waals surface area contributed by atoms with Gasteiger partial charge < -0.3 is 10.1 Å². The second-order valence-electron chi connectivity index (χ2n) is 3.76. The third-order valence-electron chi connectivity index (χ3n) is 2.30. The molecule has 1 amide bonds. The lowest BCUT2D eigenvalue weighted by molar-refractivity contribution is -0.128. The lowest BCUT2D eigenvalue weighted by Crippen LogP contribution is -2.38. The highest BCUT2D eigenvalue weighted by molar-refractivity contribution is 6.30. The summed E-state index contributed by atoms with van der Waals surface area (Å²) < 4.78 is 5.61. The van der Waals surface area contributed by atoms with E-state index in [2.05, 4.69) is 5.32 Å². The van der Waals surface area contributed by atoms with Crippen LogP contribution in [0.25, 0.3) is 0 Å². The van der Waals surface area contributed by atoms with Gasteiger partial charge in [-0.1, -0.05) is 25.4 Å². The van der Waals surface area contributed by atoms with E-state index >= 15 is 0 Å². The minimum atomic E-state index is -0.442. The van der Waals surface area contributed by atoms with E-state index in [-0.39, 0.29) is 5.91 Å². The molecule has 0 aliphatic carbocycles. The summed E-state index contributed by atoms with van der Waals surface area (Å²) in [6.07, 6.45) is 1.11. The molecule has 0 aromatic heterocycles. The number of amides is 1. The largest absolute Gasteiger partial charge is 0.481 e. The average Bonchev–Trinajstić information content (AvgIpc) is 2.35. The van der Waals surface area contributed by atoms with Crippen molar-refractivity contribution in [3.8, 4) is 5.75 Å². The number of carbonyl (C=O) groups is 1. The molecule has 1 N–H and O–H groups in total. The van der Waals surface area contributed by atoms with Gasteiger partial charge in [0.05, 0.1) is 0 Å². The normalized spacial score (nSPS) is 11.9. The molecule has 1 aromatic rings. The van der Waals surface area contributed by atoms with E-state index in [1.807, 2.05) is 13.8 Å². The molecule has 4 heteroatoms. The molecular formula is C13H18ClNO2. The zero-order valence-electron chi connectivity index (χ0n) is 10.2. The van der Waals surface area contributed by atoms with Gasteiger partial charge in [-0.25, -0.2) is 0 Å². The zero-order chi connectivity index (χ0) is 12.7. The Morgan fingerprint density at radius 3 is 2.53 bits per heavy atom. The van der Waals surface area contributed by atoms with E-state index in [0.717, 1.165) is 6.42 Å². The summed E-state index contributed by atoms with van der Waals surface area (Å²) in [5, 5.41) is 3.48. The van der Waals surface area contributed by atoms with E-state index in [0.29, 0.717) is 23.7 Å². The molecule has 0 aliphatic heterocycles. The number of ether oxygens (including phenoxy) is 1. The zero-order valence-corrected chi connectivity index (χ0v) is 11.0. The van der Waals surface area contributed by atoms with Gasteiger partial charge in [-0.3, -0.25) is 4.79 Å². The van der Waals surface area contributed by atoms with Crippen molar-refractivity contribution in [3.63, 3.8) is 0 Å². The lowest BCUT2D eigenvalue weighted by atomic mass is 10.2. The highest BCUT2D eigenvalue weighted by atomic mass is 35.5. The molecule has 0 fully saturated rings. The minimum Gasteiger partial charge on any atom is -0.481 e. The molecule has 3 nitrogen and oxygen atoms in total. The van der Waals surface area contributed by atoms with Crippen molar-refractivity contribution in [2.75, 3.05) is 6.54 Å². The summed E-state index contributed by atoms with van der Waals surface area (Å²) >= 11 is 5.78. The molecule has 0 aliphatic rings. The van der Waals surface area contributed by atoms with Crippen LogP contribution in [0.2, 0.25) is 5.02 Å². The van der Waals surface area contributed by atoms with Crippen molar-refractivity contribution in [2.24, 2.45) is 0 Å². The molecule has 17 heavy (non-hydrogen) atoms. The van der Waals surface area contributed by atoms with Gasteiger partial charge in [0.1, 0.15) is 5.75 Å². The van der Waals surface area contributed by atoms with Crippen LogP contribution in [0.3, 0.4) is 0 Å². The van der Waals surface area contributed by atoms with Gasteiger partial charge in [0.2, 0.25) is 0 Å². The molecule has 94 valence electrons. The topological polar surface area (TPSA) is 38.3 Å². The Bertz CT molecular complexity index is 351. The van der Waals surface area contributed by atoms with E-state index in [1.54, 1.807) is 24.3 Å². The lowest BCUT2D eigenvalue weighted by Gasteiger charge is -2.17. The summed E-state index contributed by atoms with van der Waals surface area (Å²) in [5.41, 5.74) is 0. The molecule has 0 bridgehead atoms. The third kappa shape index (κ3) is 4.65. The fourth-order valence-corrected chi connectivity index (χ4v) is 1.49. The molecule has 0 spiro atoms. The summed E-state index contributed by atoms with van der Waals surface area (Å²) in [7, 11) is 0. The fraction of sp³-hybridized carbons (Fsp3) is 0.462. The molecular weight excluding hydrogens is 238 g/mol. The second-order valence-corrected chi connectivity index (χ2v) is 4.20. The number of hydrogen-bond donors (Lipinski definition) is 1. The Morgan fingerprint density at radius 1 is 1.35 bits per heavy atom. The van der Waals surface area contributed by atoms with E-state index in [4.69, 9.17) is 16.3 Å². The van der Waals surface area contributed by atoms with Crippen LogP contribution < -0.4 is 10.1 Å². The van der Waals surface area contributed by atoms with Crippen LogP contribution in [0.4, 0.5) is 0 Å². The maximum atomic E-state index is 11.7. The standard InChI is InChI=1S/C13H18ClNO2/c1-3-9-15-13(16)12(4-2)17-11-7-5-10(14)6-8-11/h5-8,12H,3-4,9H2,1-2H3,(H,15,16). The molecule has 1 unspecified atom stereocenters. The first-order valence-corrected chi connectivity index (χ1v) is 6.25. The van der Waals surface area contributed by atoms with Gasteiger partial charge in [0, 0.05) is 11.6 Å². The minimum absolute atomic E-state index is 0.0655. The predicted octanol–water partition coefficient (Wildman–Crippen LogP) is 3.02. The van der Waals surface area contributed by atoms with Crippen molar-refractivity contribution in [1.82, 2.24) is 5.32 Å². The Morgan fingerprint density at radius 2 is 2.00 bits per heavy atom. The van der Waals surface area contributed by atoms with Crippen molar-refractivity contribution < 1.29 is 9.53 Å². The monoisotopic (exact) mass is 255 g/mol. The van der Waals surface area contributed by atoms with Gasteiger partial charge in [0.25, 0.3) is 5.91 Å². The number of rotatable bonds is 6. The highest BCUT2D eigenvalue weighted by Crippen LogP contribution is 2.17. The maximum Gasteiger partial charge on any atom is 0.261 e. The van der Waals surface area contributed by atoms with E-state index in [9.17, 15) is 4.79 Å². The van der Waals surface area contributed by atoms with E-state index in [1.165, 1.54) is 0 Å². The first-order chi connectivity index (χ1) is 8.17. The van der Waals surface area contributed by atoms with E-state index < -0.39 is 6.10 Å². The van der Waals surface area contributed by atoms with Crippen molar-refractivity contribution in [2.45, 2.75) is 32.8 Å². The van der Waals surface area contributed by atoms with Crippen molar-refractivity contribution in [1.29, 1.82) is 0 Å². The van der Waals surface area contributed by atoms with Crippen LogP contribution in [0.5, 0.6) is 5.75 Å². The van der Waals surface area contributed by atoms with Crippen LogP contribution in [0, 0.1) is 0 Å². The van der Waals surface area contributed by atoms with Crippen molar-refractivity contribution in [3.05, 3.63) is 29.3 Å². The average molecular weight is 256 g/mol. The predicted molar refractivity (Wildman–Crippen MR) is 69.5 cm³/mol. The summed E-state index contributed by atoms with van der Waals surface area (Å²) in [6, 6.07) is 7.01. The summed E-state index contributed by atoms with van der Waals surface area (Å²) in [5.74, 6) is 0.595. The number of carbonyl (C=O) groups excluding carboxylic acids is 1. The number of benzene rings is 1. The molecule has 0 saturated heterocycles. The van der Waals surface area contributed by atoms with Gasteiger partial charge in [-0.05, 0) is 37.1 Å². The maximum absolute atomic E-state index is 11.7. The molecule has 1 atom stereocenters. The van der Waals surface area contributed by atoms with Crippen LogP contribution in [0.15, 0.2) is 24.3 Å². The molecule has 0 radical (unpaired) electrons. The first-order valence-electron chi connectivity index (χ1n) is 5.87. The molecule has 0 heterocycles. The third-order valence-corrected chi connectivity index (χ3v) is 2.56. The first kappa shape index (κ1) is 13.8. The molecule has 1 aromatic carbocycles. The fourth-order valence-electron chi connectivity index (χ4n) is 1.36. The molecule has 1 rings (SSSR count). The number of nitrogens with one attached hydrogen (secondary N) is 1. The van der Waals surface area contributed by atoms with Gasteiger partial charge in [-0.2, -0.15) is 0 Å². The summed E-state index contributed by atoms with van der Waals surface area (Å²) in [4.78, 5) is 11.7. The van der Waals surface area contributed by atoms with Crippen LogP contribution in [-0.4, -0.2) is 18.6 Å². The van der Waals surface area contributed by atoms with Crippen LogP contribution >= 0.6 is 11.6 Å². The van der Waals surface area contributed by atoms with Gasteiger partial charge >= 0.3 is 0 Å². The number of halogens is 1. The molecule has 0 saturated carbocycles. The Labute approximate surface area is 107 Å². The smallest absolute Gasteiger partial charge is 0.261 e. The van der Waals surface area contributed by atoms with Crippen LogP contribution in [-0.2, 0) is 4.79 Å². The quantitative estimate of drug-likeness (QED) is 0.849. The Hall–Kier alpha value is -1.22. The van der Waals surface area contributed by atoms with Crippen LogP contribution in [0.1, 0.15) is 26.7 Å². The highest BCUT2D eigenvalue weighted by Gasteiger charge is 2.17. The Balaban J connectivity index is 2.57.